The molecule has 3 rings (SSSR count). The van der Waals surface area contributed by atoms with E-state index in [0.717, 1.165) is 22.9 Å². The molecule has 0 spiro atoms. The maximum atomic E-state index is 12.1. The first-order valence-corrected chi connectivity index (χ1v) is 10.4. The molecular weight excluding hydrogens is 386 g/mol. The van der Waals surface area contributed by atoms with E-state index in [4.69, 9.17) is 8.85 Å². The Morgan fingerprint density at radius 3 is 2.76 bits per heavy atom. The van der Waals surface area contributed by atoms with Gasteiger partial charge in [0.25, 0.3) is 5.24 Å². The predicted octanol–water partition coefficient (Wildman–Crippen LogP) is 3.84. The van der Waals surface area contributed by atoms with Crippen molar-refractivity contribution in [2.75, 3.05) is 31.6 Å². The van der Waals surface area contributed by atoms with Crippen LogP contribution in [-0.2, 0) is 11.2 Å². The Hall–Kier alpha value is -2.54. The molecule has 6 nitrogen and oxygen atoms in total. The number of nitrogens with zero attached hydrogens (tertiary/aromatic N) is 3. The zero-order chi connectivity index (χ0) is 23.6. The summed E-state index contributed by atoms with van der Waals surface area (Å²) < 4.78 is 29.5. The summed E-state index contributed by atoms with van der Waals surface area (Å²) in [6.45, 7) is 7.19. The number of likely N-dealkylation sites (N-methyl/N-ethyl adjacent to an activating group) is 1. The molecule has 29 heavy (non-hydrogen) atoms. The predicted molar refractivity (Wildman–Crippen MR) is 117 cm³/mol. The van der Waals surface area contributed by atoms with Crippen LogP contribution in [0.5, 0.6) is 5.75 Å². The molecule has 0 bridgehead atoms. The summed E-state index contributed by atoms with van der Waals surface area (Å²) >= 11 is 1.07. The molecular formula is C22H27N3O3S. The zero-order valence-corrected chi connectivity index (χ0v) is 17.9. The van der Waals surface area contributed by atoms with E-state index in [9.17, 15) is 9.59 Å². The van der Waals surface area contributed by atoms with Gasteiger partial charge in [-0.1, -0.05) is 23.9 Å². The zero-order valence-electron chi connectivity index (χ0n) is 20.1. The van der Waals surface area contributed by atoms with Gasteiger partial charge in [-0.3, -0.25) is 14.5 Å². The van der Waals surface area contributed by atoms with Crippen LogP contribution >= 0.6 is 11.8 Å². The lowest BCUT2D eigenvalue weighted by Crippen LogP contribution is -2.29. The van der Waals surface area contributed by atoms with Crippen molar-refractivity contribution in [2.24, 2.45) is 0 Å². The molecule has 1 aromatic carbocycles. The number of aryl methyl sites for hydroxylation is 1. The van der Waals surface area contributed by atoms with Crippen molar-refractivity contribution in [3.8, 4) is 5.75 Å². The molecule has 0 N–H and O–H groups in total. The third-order valence-electron chi connectivity index (χ3n) is 4.96. The highest BCUT2D eigenvalue weighted by Gasteiger charge is 2.37. The minimum Gasteiger partial charge on any atom is -0.492 e. The fraction of sp³-hybridized carbons (Fsp3) is 0.409. The van der Waals surface area contributed by atoms with Crippen LogP contribution in [0.15, 0.2) is 36.5 Å². The van der Waals surface area contributed by atoms with Crippen LogP contribution in [0.4, 0.5) is 10.6 Å². The molecule has 2 heterocycles. The number of carbonyl (C=O) groups excluding carboxylic acids is 2. The summed E-state index contributed by atoms with van der Waals surface area (Å²) in [5, 5.41) is -0.596. The number of rotatable bonds is 8. The second-order valence-electron chi connectivity index (χ2n) is 6.91. The third-order valence-corrected chi connectivity index (χ3v) is 6.08. The lowest BCUT2D eigenvalue weighted by molar-refractivity contribution is -0.125. The Labute approximate surface area is 180 Å². The maximum absolute atomic E-state index is 12.1. The topological polar surface area (TPSA) is 62.7 Å². The standard InChI is InChI=1S/C22H27N3O3S/c1-5-25(20-15(2)7-6-10-23-20)11-12-28-18-9-8-17(16(3)13-18)14-19-21(26)24(4)22(27)29-19/h6-10,13,19H,5,11-12,14H2,1-4H3/i6D,7D,10D. The van der Waals surface area contributed by atoms with Crippen LogP contribution in [0.1, 0.15) is 27.7 Å². The molecule has 0 aliphatic carbocycles. The lowest BCUT2D eigenvalue weighted by atomic mass is 10.0. The van der Waals surface area contributed by atoms with Gasteiger partial charge in [0.1, 0.15) is 18.2 Å². The van der Waals surface area contributed by atoms with Gasteiger partial charge >= 0.3 is 0 Å². The normalized spacial score (nSPS) is 17.9. The number of anilines is 1. The first-order valence-electron chi connectivity index (χ1n) is 11.0. The number of hydrogen-bond donors (Lipinski definition) is 0. The van der Waals surface area contributed by atoms with Gasteiger partial charge in [0.05, 0.1) is 15.9 Å². The van der Waals surface area contributed by atoms with Crippen molar-refractivity contribution < 1.29 is 18.4 Å². The summed E-state index contributed by atoms with van der Waals surface area (Å²) in [4.78, 5) is 31.2. The second-order valence-corrected chi connectivity index (χ2v) is 8.07. The first kappa shape index (κ1) is 17.3. The number of benzene rings is 1. The fourth-order valence-electron chi connectivity index (χ4n) is 3.21. The van der Waals surface area contributed by atoms with Crippen molar-refractivity contribution in [2.45, 2.75) is 32.4 Å². The van der Waals surface area contributed by atoms with E-state index in [2.05, 4.69) is 4.98 Å². The Bertz CT molecular complexity index is 1050. The number of ether oxygens (including phenoxy) is 1. The summed E-state index contributed by atoms with van der Waals surface area (Å²) in [5.41, 5.74) is 2.57. The highest BCUT2D eigenvalue weighted by Crippen LogP contribution is 2.30. The van der Waals surface area contributed by atoms with Crippen LogP contribution in [0.25, 0.3) is 0 Å². The lowest BCUT2D eigenvalue weighted by Gasteiger charge is -2.23. The Kier molecular flexibility index (Phi) is 5.56. The van der Waals surface area contributed by atoms with Gasteiger partial charge < -0.3 is 9.64 Å². The monoisotopic (exact) mass is 416 g/mol. The molecule has 0 radical (unpaired) electrons. The number of carbonyl (C=O) groups is 2. The minimum absolute atomic E-state index is 0.0254. The molecule has 1 fully saturated rings. The van der Waals surface area contributed by atoms with Crippen LogP contribution in [0, 0.1) is 13.8 Å². The van der Waals surface area contributed by atoms with Crippen molar-refractivity contribution in [1.82, 2.24) is 9.88 Å². The number of thioether (sulfide) groups is 1. The number of pyridine rings is 1. The summed E-state index contributed by atoms with van der Waals surface area (Å²) in [5.74, 6) is 1.08. The Balaban J connectivity index is 1.62. The average molecular weight is 417 g/mol. The maximum Gasteiger partial charge on any atom is 0.288 e. The van der Waals surface area contributed by atoms with E-state index >= 15 is 0 Å². The highest BCUT2D eigenvalue weighted by molar-refractivity contribution is 8.15. The van der Waals surface area contributed by atoms with E-state index in [1.165, 1.54) is 11.9 Å². The van der Waals surface area contributed by atoms with Gasteiger partial charge in [-0.25, -0.2) is 4.98 Å². The van der Waals surface area contributed by atoms with E-state index in [-0.39, 0.29) is 34.7 Å². The highest BCUT2D eigenvalue weighted by atomic mass is 32.2. The van der Waals surface area contributed by atoms with Crippen LogP contribution in [-0.4, -0.2) is 53.0 Å². The second kappa shape index (κ2) is 9.31. The molecule has 2 amide bonds. The van der Waals surface area contributed by atoms with Crippen LogP contribution < -0.4 is 9.64 Å². The smallest absolute Gasteiger partial charge is 0.288 e. The van der Waals surface area contributed by atoms with Gasteiger partial charge in [-0.15, -0.1) is 0 Å². The van der Waals surface area contributed by atoms with Crippen molar-refractivity contribution >= 4 is 28.7 Å². The number of aromatic nitrogens is 1. The van der Waals surface area contributed by atoms with Crippen molar-refractivity contribution in [1.29, 1.82) is 0 Å². The van der Waals surface area contributed by atoms with Gasteiger partial charge in [-0.2, -0.15) is 0 Å². The first-order chi connectivity index (χ1) is 15.1. The molecule has 1 aromatic heterocycles. The van der Waals surface area contributed by atoms with E-state index in [1.807, 2.05) is 36.9 Å². The summed E-state index contributed by atoms with van der Waals surface area (Å²) in [6, 6.07) is 5.57. The average Bonchev–Trinajstić information content (AvgIpc) is 3.01. The van der Waals surface area contributed by atoms with Gasteiger partial charge in [0.15, 0.2) is 0 Å². The SMILES string of the molecule is [2H]c1nc(N(CC)CCOc2ccc(CC3SC(=O)N(C)C3=O)c(C)c2)c(C)c([2H])c1[2H]. The fourth-order valence-corrected chi connectivity index (χ4v) is 4.22. The van der Waals surface area contributed by atoms with Crippen molar-refractivity contribution in [3.05, 3.63) is 53.1 Å². The van der Waals surface area contributed by atoms with Gasteiger partial charge in [-0.05, 0) is 62.1 Å². The number of hydrogen-bond acceptors (Lipinski definition) is 6. The molecule has 1 saturated heterocycles. The quantitative estimate of drug-likeness (QED) is 0.652. The van der Waals surface area contributed by atoms with E-state index < -0.39 is 0 Å². The van der Waals surface area contributed by atoms with E-state index in [0.29, 0.717) is 43.2 Å². The largest absolute Gasteiger partial charge is 0.492 e. The number of imide groups is 1. The summed E-state index contributed by atoms with van der Waals surface area (Å²) in [6.07, 6.45) is 0.296. The minimum atomic E-state index is -0.384. The molecule has 2 aromatic rings. The van der Waals surface area contributed by atoms with Crippen LogP contribution in [0.2, 0.25) is 0 Å². The number of amides is 2. The van der Waals surface area contributed by atoms with Crippen LogP contribution in [0.3, 0.4) is 0 Å². The summed E-state index contributed by atoms with van der Waals surface area (Å²) in [7, 11) is 1.51. The van der Waals surface area contributed by atoms with E-state index in [1.54, 1.807) is 6.92 Å². The molecule has 1 unspecified atom stereocenters. The molecule has 7 heteroatoms. The van der Waals surface area contributed by atoms with Crippen molar-refractivity contribution in [3.63, 3.8) is 0 Å². The van der Waals surface area contributed by atoms with Gasteiger partial charge in [0.2, 0.25) is 5.91 Å². The molecule has 154 valence electrons. The molecule has 1 atom stereocenters. The Morgan fingerprint density at radius 2 is 2.10 bits per heavy atom. The van der Waals surface area contributed by atoms with Gasteiger partial charge in [0, 0.05) is 19.8 Å². The molecule has 0 saturated carbocycles. The molecule has 1 aliphatic heterocycles. The third kappa shape index (κ3) is 4.90. The Morgan fingerprint density at radius 1 is 1.31 bits per heavy atom. The molecule has 1 aliphatic rings.